The molecule has 0 aliphatic rings. The van der Waals surface area contributed by atoms with E-state index >= 15 is 0 Å². The predicted octanol–water partition coefficient (Wildman–Crippen LogP) is 4.72. The molecule has 4 heteroatoms. The van der Waals surface area contributed by atoms with Gasteiger partial charge in [0.1, 0.15) is 5.82 Å². The van der Waals surface area contributed by atoms with Crippen molar-refractivity contribution in [2.75, 3.05) is 31.2 Å². The topological polar surface area (TPSA) is 38.2 Å². The molecule has 0 radical (unpaired) electrons. The Kier molecular flexibility index (Phi) is 6.18. The van der Waals surface area contributed by atoms with Gasteiger partial charge >= 0.3 is 0 Å². The molecule has 2 heterocycles. The fourth-order valence-corrected chi connectivity index (χ4v) is 3.31. The SMILES string of the molecule is CCOCCc1c(-c2ccc(N(CC)CC)nc2)ncc2ccccc12. The van der Waals surface area contributed by atoms with Crippen molar-refractivity contribution in [3.8, 4) is 11.3 Å². The van der Waals surface area contributed by atoms with Crippen molar-refractivity contribution < 1.29 is 4.74 Å². The predicted molar refractivity (Wildman–Crippen MR) is 109 cm³/mol. The van der Waals surface area contributed by atoms with Gasteiger partial charge in [-0.2, -0.15) is 0 Å². The molecule has 0 aliphatic heterocycles. The van der Waals surface area contributed by atoms with Crippen molar-refractivity contribution in [3.05, 3.63) is 54.4 Å². The van der Waals surface area contributed by atoms with E-state index in [9.17, 15) is 0 Å². The molecule has 0 saturated carbocycles. The average Bonchev–Trinajstić information content (AvgIpc) is 2.70. The van der Waals surface area contributed by atoms with Crippen molar-refractivity contribution in [1.82, 2.24) is 9.97 Å². The molecule has 0 bridgehead atoms. The van der Waals surface area contributed by atoms with Gasteiger partial charge in [-0.3, -0.25) is 4.98 Å². The van der Waals surface area contributed by atoms with Crippen molar-refractivity contribution in [3.63, 3.8) is 0 Å². The van der Waals surface area contributed by atoms with Crippen LogP contribution in [-0.2, 0) is 11.2 Å². The standard InChI is InChI=1S/C22H27N3O/c1-4-25(5-2)21-12-11-18(16-23-21)22-20(13-14-26-6-3)19-10-8-7-9-17(19)15-24-22/h7-12,15-16H,4-6,13-14H2,1-3H3. The number of ether oxygens (including phenoxy) is 1. The van der Waals surface area contributed by atoms with Crippen molar-refractivity contribution in [2.24, 2.45) is 0 Å². The van der Waals surface area contributed by atoms with Crippen molar-refractivity contribution in [1.29, 1.82) is 0 Å². The van der Waals surface area contributed by atoms with Gasteiger partial charge in [-0.1, -0.05) is 24.3 Å². The zero-order chi connectivity index (χ0) is 18.4. The Morgan fingerprint density at radius 1 is 0.923 bits per heavy atom. The Morgan fingerprint density at radius 2 is 1.73 bits per heavy atom. The molecular weight excluding hydrogens is 322 g/mol. The summed E-state index contributed by atoms with van der Waals surface area (Å²) in [5, 5.41) is 2.40. The summed E-state index contributed by atoms with van der Waals surface area (Å²) in [6, 6.07) is 12.6. The highest BCUT2D eigenvalue weighted by Gasteiger charge is 2.12. The van der Waals surface area contributed by atoms with Gasteiger partial charge in [-0.05, 0) is 50.3 Å². The molecule has 0 amide bonds. The largest absolute Gasteiger partial charge is 0.381 e. The summed E-state index contributed by atoms with van der Waals surface area (Å²) in [4.78, 5) is 11.7. The van der Waals surface area contributed by atoms with Crippen LogP contribution in [0.15, 0.2) is 48.8 Å². The lowest BCUT2D eigenvalue weighted by Gasteiger charge is -2.20. The van der Waals surface area contributed by atoms with Crippen molar-refractivity contribution in [2.45, 2.75) is 27.2 Å². The van der Waals surface area contributed by atoms with Gasteiger partial charge in [0.05, 0.1) is 12.3 Å². The minimum Gasteiger partial charge on any atom is -0.381 e. The van der Waals surface area contributed by atoms with Crippen LogP contribution in [0.4, 0.5) is 5.82 Å². The quantitative estimate of drug-likeness (QED) is 0.552. The van der Waals surface area contributed by atoms with Gasteiger partial charge < -0.3 is 9.64 Å². The lowest BCUT2D eigenvalue weighted by molar-refractivity contribution is 0.151. The summed E-state index contributed by atoms with van der Waals surface area (Å²) < 4.78 is 5.61. The van der Waals surface area contributed by atoms with E-state index in [0.29, 0.717) is 6.61 Å². The first-order valence-corrected chi connectivity index (χ1v) is 9.44. The maximum absolute atomic E-state index is 5.61. The summed E-state index contributed by atoms with van der Waals surface area (Å²) in [6.45, 7) is 9.66. The van der Waals surface area contributed by atoms with E-state index in [0.717, 1.165) is 48.6 Å². The minimum atomic E-state index is 0.699. The van der Waals surface area contributed by atoms with Crippen LogP contribution in [0, 0.1) is 0 Å². The third-order valence-corrected chi connectivity index (χ3v) is 4.71. The Bertz CT molecular complexity index is 842. The van der Waals surface area contributed by atoms with Gasteiger partial charge in [-0.15, -0.1) is 0 Å². The molecule has 0 saturated heterocycles. The van der Waals surface area contributed by atoms with Crippen molar-refractivity contribution >= 4 is 16.6 Å². The number of anilines is 1. The van der Waals surface area contributed by atoms with E-state index in [1.165, 1.54) is 10.9 Å². The summed E-state index contributed by atoms with van der Waals surface area (Å²) in [5.74, 6) is 1.01. The van der Waals surface area contributed by atoms with Crippen LogP contribution in [0.2, 0.25) is 0 Å². The number of hydrogen-bond donors (Lipinski definition) is 0. The molecule has 3 aromatic rings. The summed E-state index contributed by atoms with van der Waals surface area (Å²) in [6.07, 6.45) is 4.73. The van der Waals surface area contributed by atoms with Crippen LogP contribution in [0.1, 0.15) is 26.3 Å². The second kappa shape index (κ2) is 8.77. The highest BCUT2D eigenvalue weighted by atomic mass is 16.5. The van der Waals surface area contributed by atoms with Crippen LogP contribution in [0.5, 0.6) is 0 Å². The van der Waals surface area contributed by atoms with Crippen LogP contribution in [0.3, 0.4) is 0 Å². The highest BCUT2D eigenvalue weighted by molar-refractivity contribution is 5.89. The molecule has 0 spiro atoms. The molecule has 0 fully saturated rings. The third kappa shape index (κ3) is 3.86. The van der Waals surface area contributed by atoms with Gasteiger partial charge in [-0.25, -0.2) is 4.98 Å². The normalized spacial score (nSPS) is 11.0. The van der Waals surface area contributed by atoms with E-state index < -0.39 is 0 Å². The lowest BCUT2D eigenvalue weighted by atomic mass is 9.98. The third-order valence-electron chi connectivity index (χ3n) is 4.71. The van der Waals surface area contributed by atoms with Gasteiger partial charge in [0.25, 0.3) is 0 Å². The van der Waals surface area contributed by atoms with Crippen LogP contribution < -0.4 is 4.90 Å². The van der Waals surface area contributed by atoms with E-state index in [2.05, 4.69) is 60.1 Å². The Morgan fingerprint density at radius 3 is 2.42 bits per heavy atom. The number of pyridine rings is 2. The Hall–Kier alpha value is -2.46. The molecule has 0 unspecified atom stereocenters. The molecule has 26 heavy (non-hydrogen) atoms. The van der Waals surface area contributed by atoms with E-state index in [-0.39, 0.29) is 0 Å². The highest BCUT2D eigenvalue weighted by Crippen LogP contribution is 2.29. The second-order valence-electron chi connectivity index (χ2n) is 6.20. The molecule has 0 N–H and O–H groups in total. The van der Waals surface area contributed by atoms with E-state index in [4.69, 9.17) is 9.72 Å². The van der Waals surface area contributed by atoms with Gasteiger partial charge in [0, 0.05) is 43.0 Å². The smallest absolute Gasteiger partial charge is 0.128 e. The molecule has 2 aromatic heterocycles. The Labute approximate surface area is 155 Å². The lowest BCUT2D eigenvalue weighted by Crippen LogP contribution is -2.22. The zero-order valence-corrected chi connectivity index (χ0v) is 15.9. The monoisotopic (exact) mass is 349 g/mol. The summed E-state index contributed by atoms with van der Waals surface area (Å²) in [5.41, 5.74) is 3.29. The molecule has 3 rings (SSSR count). The maximum atomic E-state index is 5.61. The number of aromatic nitrogens is 2. The summed E-state index contributed by atoms with van der Waals surface area (Å²) in [7, 11) is 0. The first kappa shape index (κ1) is 18.3. The van der Waals surface area contributed by atoms with Gasteiger partial charge in [0.2, 0.25) is 0 Å². The molecule has 1 aromatic carbocycles. The van der Waals surface area contributed by atoms with E-state index in [1.54, 1.807) is 0 Å². The fourth-order valence-electron chi connectivity index (χ4n) is 3.31. The minimum absolute atomic E-state index is 0.699. The zero-order valence-electron chi connectivity index (χ0n) is 15.9. The molecule has 0 atom stereocenters. The van der Waals surface area contributed by atoms with Crippen LogP contribution in [0.25, 0.3) is 22.0 Å². The number of hydrogen-bond acceptors (Lipinski definition) is 4. The molecule has 0 aliphatic carbocycles. The van der Waals surface area contributed by atoms with Crippen LogP contribution >= 0.6 is 0 Å². The fraction of sp³-hybridized carbons (Fsp3) is 0.364. The maximum Gasteiger partial charge on any atom is 0.128 e. The van der Waals surface area contributed by atoms with Crippen LogP contribution in [-0.4, -0.2) is 36.3 Å². The Balaban J connectivity index is 2.01. The van der Waals surface area contributed by atoms with Gasteiger partial charge in [0.15, 0.2) is 0 Å². The summed E-state index contributed by atoms with van der Waals surface area (Å²) >= 11 is 0. The number of rotatable bonds is 8. The second-order valence-corrected chi connectivity index (χ2v) is 6.20. The molecule has 136 valence electrons. The number of nitrogens with zero attached hydrogens (tertiary/aromatic N) is 3. The number of fused-ring (bicyclic) bond motifs is 1. The molecule has 4 nitrogen and oxygen atoms in total. The number of benzene rings is 1. The molecular formula is C22H27N3O. The average molecular weight is 349 g/mol. The van der Waals surface area contributed by atoms with E-state index in [1.807, 2.05) is 19.3 Å². The first-order valence-electron chi connectivity index (χ1n) is 9.44. The first-order chi connectivity index (χ1) is 12.8.